The molecule has 3 aliphatic rings. The van der Waals surface area contributed by atoms with Crippen LogP contribution in [0.2, 0.25) is 0 Å². The third kappa shape index (κ3) is 3.96. The molecule has 2 aromatic rings. The van der Waals surface area contributed by atoms with Crippen LogP contribution >= 0.6 is 11.8 Å². The summed E-state index contributed by atoms with van der Waals surface area (Å²) < 4.78 is 20.7. The van der Waals surface area contributed by atoms with Crippen LogP contribution < -0.4 is 9.80 Å². The number of benzene rings is 2. The van der Waals surface area contributed by atoms with Crippen molar-refractivity contribution in [1.29, 1.82) is 0 Å². The van der Waals surface area contributed by atoms with E-state index in [2.05, 4.69) is 12.1 Å². The van der Waals surface area contributed by atoms with E-state index in [1.165, 1.54) is 33.9 Å². The molecule has 3 heterocycles. The Morgan fingerprint density at radius 3 is 2.84 bits per heavy atom. The fraction of sp³-hybridized carbons (Fsp3) is 0.292. The Labute approximate surface area is 190 Å². The Balaban J connectivity index is 1.32. The lowest BCUT2D eigenvalue weighted by molar-refractivity contribution is 0.0559. The number of fused-ring (bicyclic) bond motifs is 1. The topological polar surface area (TPSA) is 56.2 Å². The molecule has 0 saturated carbocycles. The molecule has 1 atom stereocenters. The summed E-state index contributed by atoms with van der Waals surface area (Å²) in [4.78, 5) is 18.0. The molecule has 32 heavy (non-hydrogen) atoms. The van der Waals surface area contributed by atoms with Gasteiger partial charge in [0.05, 0.1) is 28.9 Å². The Hall–Kier alpha value is -2.97. The first-order valence-electron chi connectivity index (χ1n) is 10.6. The number of cyclic esters (lactones) is 1. The zero-order chi connectivity index (χ0) is 22.1. The molecule has 1 fully saturated rings. The standard InChI is InChI=1S/C24H24FN3O3S/c25-20-13-19(8-9-21(20)26-12-10-17-5-1-2-6-18(17)14-26)28-15-22(31-24(28)30)27-11-4-3-7-23(27)32-16-29/h1-9,13,22,29H,10-12,14-16H2/t22-/m1/s1. The summed E-state index contributed by atoms with van der Waals surface area (Å²) in [5.41, 5.74) is 3.54. The van der Waals surface area contributed by atoms with Crippen molar-refractivity contribution in [3.63, 3.8) is 0 Å². The van der Waals surface area contributed by atoms with Gasteiger partial charge < -0.3 is 19.6 Å². The van der Waals surface area contributed by atoms with E-state index in [-0.39, 0.29) is 18.3 Å². The Bertz CT molecular complexity index is 1090. The Kier molecular flexibility index (Phi) is 5.80. The van der Waals surface area contributed by atoms with Crippen LogP contribution in [0.1, 0.15) is 11.1 Å². The Morgan fingerprint density at radius 1 is 1.19 bits per heavy atom. The molecule has 0 unspecified atom stereocenters. The van der Waals surface area contributed by atoms with Crippen LogP contribution in [0, 0.1) is 5.82 Å². The summed E-state index contributed by atoms with van der Waals surface area (Å²) in [5.74, 6) is -0.413. The predicted octanol–water partition coefficient (Wildman–Crippen LogP) is 4.07. The number of aliphatic hydroxyl groups is 1. The number of hydrogen-bond donors (Lipinski definition) is 1. The number of ether oxygens (including phenoxy) is 1. The predicted molar refractivity (Wildman–Crippen MR) is 124 cm³/mol. The van der Waals surface area contributed by atoms with Crippen molar-refractivity contribution in [2.45, 2.75) is 19.2 Å². The molecule has 1 saturated heterocycles. The van der Waals surface area contributed by atoms with Gasteiger partial charge in [0.15, 0.2) is 6.23 Å². The normalized spacial score (nSPS) is 20.3. The Morgan fingerprint density at radius 2 is 2.03 bits per heavy atom. The number of anilines is 2. The lowest BCUT2D eigenvalue weighted by Gasteiger charge is -2.31. The van der Waals surface area contributed by atoms with Crippen molar-refractivity contribution in [2.24, 2.45) is 0 Å². The van der Waals surface area contributed by atoms with Gasteiger partial charge in [0.1, 0.15) is 5.82 Å². The lowest BCUT2D eigenvalue weighted by atomic mass is 9.99. The van der Waals surface area contributed by atoms with Gasteiger partial charge in [-0.25, -0.2) is 9.18 Å². The van der Waals surface area contributed by atoms with Gasteiger partial charge in [-0.1, -0.05) is 48.2 Å². The number of hydrogen-bond acceptors (Lipinski definition) is 6. The molecule has 1 amide bonds. The van der Waals surface area contributed by atoms with Crippen LogP contribution in [0.5, 0.6) is 0 Å². The highest BCUT2D eigenvalue weighted by molar-refractivity contribution is 8.02. The highest BCUT2D eigenvalue weighted by Gasteiger charge is 2.37. The van der Waals surface area contributed by atoms with E-state index in [1.807, 2.05) is 40.2 Å². The van der Waals surface area contributed by atoms with Crippen LogP contribution in [-0.4, -0.2) is 47.9 Å². The fourth-order valence-corrected chi connectivity index (χ4v) is 5.07. The van der Waals surface area contributed by atoms with Gasteiger partial charge in [0, 0.05) is 19.6 Å². The number of carbonyl (C=O) groups excluding carboxylic acids is 1. The van der Waals surface area contributed by atoms with Gasteiger partial charge in [0.2, 0.25) is 0 Å². The van der Waals surface area contributed by atoms with Crippen LogP contribution in [0.15, 0.2) is 65.7 Å². The SMILES string of the molecule is O=C1O[C@@H](N2CC=CC=C2SCO)CN1c1ccc(N2CCc3ccccc3C2)c(F)c1. The van der Waals surface area contributed by atoms with E-state index in [9.17, 15) is 9.90 Å². The third-order valence-electron chi connectivity index (χ3n) is 6.03. The molecule has 0 spiro atoms. The van der Waals surface area contributed by atoms with E-state index in [0.29, 0.717) is 24.5 Å². The molecule has 0 bridgehead atoms. The minimum Gasteiger partial charge on any atom is -0.423 e. The fourth-order valence-electron chi connectivity index (χ4n) is 4.41. The molecule has 6 nitrogen and oxygen atoms in total. The van der Waals surface area contributed by atoms with Gasteiger partial charge in [0.25, 0.3) is 0 Å². The first kappa shape index (κ1) is 20.9. The maximum atomic E-state index is 15.1. The number of aliphatic hydroxyl groups excluding tert-OH is 1. The first-order valence-corrected chi connectivity index (χ1v) is 11.6. The van der Waals surface area contributed by atoms with Crippen molar-refractivity contribution < 1.29 is 19.0 Å². The van der Waals surface area contributed by atoms with E-state index in [4.69, 9.17) is 4.74 Å². The van der Waals surface area contributed by atoms with Gasteiger partial charge in [-0.05, 0) is 41.8 Å². The second-order valence-corrected chi connectivity index (χ2v) is 8.85. The molecule has 3 aliphatic heterocycles. The molecular formula is C24H24FN3O3S. The maximum absolute atomic E-state index is 15.1. The average molecular weight is 454 g/mol. The highest BCUT2D eigenvalue weighted by atomic mass is 32.2. The molecule has 8 heteroatoms. The molecule has 0 aromatic heterocycles. The minimum absolute atomic E-state index is 0.0613. The second-order valence-electron chi connectivity index (χ2n) is 7.88. The summed E-state index contributed by atoms with van der Waals surface area (Å²) in [5, 5.41) is 10.1. The van der Waals surface area contributed by atoms with Crippen molar-refractivity contribution in [1.82, 2.24) is 4.90 Å². The number of allylic oxidation sites excluding steroid dienone is 2. The monoisotopic (exact) mass is 453 g/mol. The quantitative estimate of drug-likeness (QED) is 0.689. The number of amides is 1. The van der Waals surface area contributed by atoms with Gasteiger partial charge in [-0.2, -0.15) is 0 Å². The molecule has 1 N–H and O–H groups in total. The van der Waals surface area contributed by atoms with Gasteiger partial charge in [-0.3, -0.25) is 4.90 Å². The van der Waals surface area contributed by atoms with Crippen molar-refractivity contribution in [3.05, 3.63) is 82.7 Å². The second kappa shape index (κ2) is 8.88. The number of halogens is 1. The van der Waals surface area contributed by atoms with E-state index < -0.39 is 12.3 Å². The minimum atomic E-state index is -0.503. The number of rotatable bonds is 5. The molecule has 2 aromatic carbocycles. The summed E-state index contributed by atoms with van der Waals surface area (Å²) >= 11 is 1.28. The van der Waals surface area contributed by atoms with Crippen LogP contribution in [0.25, 0.3) is 0 Å². The summed E-state index contributed by atoms with van der Waals surface area (Å²) in [6, 6.07) is 13.2. The van der Waals surface area contributed by atoms with Crippen molar-refractivity contribution in [3.8, 4) is 0 Å². The first-order chi connectivity index (χ1) is 15.6. The zero-order valence-electron chi connectivity index (χ0n) is 17.5. The van der Waals surface area contributed by atoms with Crippen molar-refractivity contribution >= 4 is 29.2 Å². The van der Waals surface area contributed by atoms with E-state index in [1.54, 1.807) is 12.1 Å². The summed E-state index contributed by atoms with van der Waals surface area (Å²) in [6.45, 7) is 2.28. The van der Waals surface area contributed by atoms with Gasteiger partial charge in [-0.15, -0.1) is 0 Å². The highest BCUT2D eigenvalue weighted by Crippen LogP contribution is 2.33. The average Bonchev–Trinajstić information content (AvgIpc) is 3.20. The van der Waals surface area contributed by atoms with Gasteiger partial charge >= 0.3 is 6.09 Å². The summed E-state index contributed by atoms with van der Waals surface area (Å²) in [6.07, 6.45) is 5.63. The molecular weight excluding hydrogens is 429 g/mol. The molecule has 5 rings (SSSR count). The van der Waals surface area contributed by atoms with Crippen LogP contribution in [0.3, 0.4) is 0 Å². The maximum Gasteiger partial charge on any atom is 0.416 e. The number of carbonyl (C=O) groups is 1. The van der Waals surface area contributed by atoms with Crippen LogP contribution in [0.4, 0.5) is 20.6 Å². The molecule has 166 valence electrons. The number of nitrogens with zero attached hydrogens (tertiary/aromatic N) is 3. The largest absolute Gasteiger partial charge is 0.423 e. The number of thioether (sulfide) groups is 1. The van der Waals surface area contributed by atoms with E-state index in [0.717, 1.165) is 18.0 Å². The summed E-state index contributed by atoms with van der Waals surface area (Å²) in [7, 11) is 0. The molecule has 0 radical (unpaired) electrons. The zero-order valence-corrected chi connectivity index (χ0v) is 18.3. The van der Waals surface area contributed by atoms with Crippen LogP contribution in [-0.2, 0) is 17.7 Å². The molecule has 0 aliphatic carbocycles. The third-order valence-corrected chi connectivity index (χ3v) is 6.83. The lowest BCUT2D eigenvalue weighted by Crippen LogP contribution is -2.38. The van der Waals surface area contributed by atoms with E-state index >= 15 is 4.39 Å². The smallest absolute Gasteiger partial charge is 0.416 e. The van der Waals surface area contributed by atoms with Crippen molar-refractivity contribution in [2.75, 3.05) is 35.4 Å².